The van der Waals surface area contributed by atoms with E-state index in [0.717, 1.165) is 5.82 Å². The van der Waals surface area contributed by atoms with Crippen LogP contribution in [0.15, 0.2) is 61.2 Å². The molecule has 0 aliphatic heterocycles. The van der Waals surface area contributed by atoms with Crippen molar-refractivity contribution in [1.82, 2.24) is 15.0 Å². The Bertz CT molecular complexity index is 1020. The molecule has 0 aliphatic rings. The first-order valence-electron chi connectivity index (χ1n) is 8.13. The van der Waals surface area contributed by atoms with E-state index in [1.165, 1.54) is 59.8 Å². The van der Waals surface area contributed by atoms with Gasteiger partial charge in [-0.3, -0.25) is 4.72 Å². The van der Waals surface area contributed by atoms with E-state index in [4.69, 9.17) is 10.2 Å². The first-order chi connectivity index (χ1) is 13.9. The van der Waals surface area contributed by atoms with Crippen LogP contribution < -0.4 is 4.72 Å². The van der Waals surface area contributed by atoms with Crippen LogP contribution in [0.5, 0.6) is 11.5 Å². The number of rotatable bonds is 2. The quantitative estimate of drug-likeness (QED) is 0.516. The van der Waals surface area contributed by atoms with Gasteiger partial charge in [0.2, 0.25) is 0 Å². The Morgan fingerprint density at radius 2 is 1.50 bits per heavy atom. The fourth-order valence-corrected chi connectivity index (χ4v) is 2.22. The molecular weight excluding hydrogens is 425 g/mol. The second-order valence-electron chi connectivity index (χ2n) is 5.57. The van der Waals surface area contributed by atoms with Gasteiger partial charge in [0, 0.05) is 5.69 Å². The number of hydrogen-bond donors (Lipinski definition) is 3. The Labute approximate surface area is 171 Å². The van der Waals surface area contributed by atoms with Gasteiger partial charge in [0.15, 0.2) is 0 Å². The topological polar surface area (TPSA) is 125 Å². The molecule has 0 fully saturated rings. The van der Waals surface area contributed by atoms with E-state index in [9.17, 15) is 21.6 Å². The van der Waals surface area contributed by atoms with Crippen molar-refractivity contribution in [2.45, 2.75) is 19.4 Å². The van der Waals surface area contributed by atoms with Crippen LogP contribution in [-0.4, -0.2) is 39.1 Å². The molecule has 0 atom stereocenters. The molecule has 162 valence electrons. The zero-order chi connectivity index (χ0) is 22.8. The molecule has 0 saturated heterocycles. The van der Waals surface area contributed by atoms with Gasteiger partial charge < -0.3 is 10.2 Å². The maximum atomic E-state index is 11.9. The molecule has 8 nitrogen and oxygen atoms in total. The van der Waals surface area contributed by atoms with E-state index in [-0.39, 0.29) is 17.2 Å². The second-order valence-corrected chi connectivity index (χ2v) is 7.25. The molecule has 1 aromatic heterocycles. The molecule has 12 heteroatoms. The number of phenols is 2. The van der Waals surface area contributed by atoms with Crippen molar-refractivity contribution in [3.8, 4) is 11.5 Å². The lowest BCUT2D eigenvalue weighted by atomic mass is 10.2. The van der Waals surface area contributed by atoms with Crippen molar-refractivity contribution >= 4 is 15.7 Å². The number of aromatic hydroxyl groups is 2. The zero-order valence-corrected chi connectivity index (χ0v) is 16.7. The predicted octanol–water partition coefficient (Wildman–Crippen LogP) is 3.53. The number of hydrogen-bond acceptors (Lipinski definition) is 7. The van der Waals surface area contributed by atoms with Crippen LogP contribution in [-0.2, 0) is 10.0 Å². The van der Waals surface area contributed by atoms with Gasteiger partial charge in [-0.15, -0.1) is 0 Å². The van der Waals surface area contributed by atoms with Crippen LogP contribution >= 0.6 is 0 Å². The number of nitrogens with one attached hydrogen (secondary N) is 1. The summed E-state index contributed by atoms with van der Waals surface area (Å²) in [7, 11) is -5.30. The molecule has 1 heterocycles. The van der Waals surface area contributed by atoms with E-state index in [1.807, 2.05) is 6.92 Å². The van der Waals surface area contributed by atoms with Crippen molar-refractivity contribution in [3.63, 3.8) is 0 Å². The van der Waals surface area contributed by atoms with Crippen LogP contribution in [0.1, 0.15) is 11.4 Å². The first kappa shape index (κ1) is 24.6. The van der Waals surface area contributed by atoms with Crippen molar-refractivity contribution in [1.29, 1.82) is 0 Å². The number of alkyl halides is 3. The van der Waals surface area contributed by atoms with Crippen LogP contribution in [0.3, 0.4) is 0 Å². The van der Waals surface area contributed by atoms with Crippen LogP contribution in [0, 0.1) is 13.8 Å². The molecule has 3 rings (SSSR count). The SMILES string of the molecule is Cc1cc(O)ccc1O.Cc1ncncn1.O=S(=O)(Nc1ccccc1)C(F)(F)F. The highest BCUT2D eigenvalue weighted by molar-refractivity contribution is 7.93. The average molecular weight is 444 g/mol. The minimum absolute atomic E-state index is 0.121. The second kappa shape index (κ2) is 11.0. The average Bonchev–Trinajstić information content (AvgIpc) is 2.66. The Kier molecular flexibility index (Phi) is 8.99. The first-order valence-corrected chi connectivity index (χ1v) is 9.62. The minimum atomic E-state index is -5.30. The van der Waals surface area contributed by atoms with Crippen molar-refractivity contribution in [3.05, 3.63) is 72.6 Å². The molecule has 3 N–H and O–H groups in total. The van der Waals surface area contributed by atoms with Gasteiger partial charge in [-0.05, 0) is 49.7 Å². The van der Waals surface area contributed by atoms with Crippen molar-refractivity contribution < 1.29 is 31.8 Å². The summed E-state index contributed by atoms with van der Waals surface area (Å²) in [5, 5.41) is 17.8. The largest absolute Gasteiger partial charge is 0.516 e. The van der Waals surface area contributed by atoms with Crippen molar-refractivity contribution in [2.24, 2.45) is 0 Å². The monoisotopic (exact) mass is 444 g/mol. The highest BCUT2D eigenvalue weighted by Gasteiger charge is 2.45. The van der Waals surface area contributed by atoms with Gasteiger partial charge in [0.25, 0.3) is 0 Å². The van der Waals surface area contributed by atoms with E-state index >= 15 is 0 Å². The molecule has 0 unspecified atom stereocenters. The van der Waals surface area contributed by atoms with Crippen molar-refractivity contribution in [2.75, 3.05) is 4.72 Å². The van der Waals surface area contributed by atoms with Gasteiger partial charge in [0.05, 0.1) is 0 Å². The third-order valence-electron chi connectivity index (χ3n) is 3.13. The lowest BCUT2D eigenvalue weighted by molar-refractivity contribution is -0.0429. The Hall–Kier alpha value is -3.41. The summed E-state index contributed by atoms with van der Waals surface area (Å²) in [5.41, 5.74) is -4.72. The molecule has 0 aliphatic carbocycles. The van der Waals surface area contributed by atoms with Gasteiger partial charge in [-0.1, -0.05) is 18.2 Å². The summed E-state index contributed by atoms with van der Waals surface area (Å²) in [5.74, 6) is 1.16. The summed E-state index contributed by atoms with van der Waals surface area (Å²) in [4.78, 5) is 11.1. The molecule has 0 radical (unpaired) electrons. The van der Waals surface area contributed by atoms with E-state index in [2.05, 4.69) is 15.0 Å². The molecule has 3 aromatic rings. The number of halogens is 3. The third-order valence-corrected chi connectivity index (χ3v) is 4.25. The molecule has 0 amide bonds. The highest BCUT2D eigenvalue weighted by atomic mass is 32.2. The van der Waals surface area contributed by atoms with Gasteiger partial charge in [-0.25, -0.2) is 15.0 Å². The number of aryl methyl sites for hydroxylation is 2. The third kappa shape index (κ3) is 8.73. The number of sulfonamides is 1. The fourth-order valence-electron chi connectivity index (χ4n) is 1.66. The van der Waals surface area contributed by atoms with E-state index in [0.29, 0.717) is 5.56 Å². The normalized spacial score (nSPS) is 10.7. The molecular formula is C18H19F3N4O4S. The summed E-state index contributed by atoms with van der Waals surface area (Å²) >= 11 is 0. The smallest absolute Gasteiger partial charge is 0.508 e. The highest BCUT2D eigenvalue weighted by Crippen LogP contribution is 2.25. The van der Waals surface area contributed by atoms with Gasteiger partial charge in [-0.2, -0.15) is 21.6 Å². The van der Waals surface area contributed by atoms with E-state index in [1.54, 1.807) is 13.0 Å². The summed E-state index contributed by atoms with van der Waals surface area (Å²) in [6.45, 7) is 3.55. The minimum Gasteiger partial charge on any atom is -0.508 e. The van der Waals surface area contributed by atoms with E-state index < -0.39 is 15.5 Å². The maximum Gasteiger partial charge on any atom is 0.516 e. The summed E-state index contributed by atoms with van der Waals surface area (Å²) in [6.07, 6.45) is 2.95. The van der Waals surface area contributed by atoms with Gasteiger partial charge >= 0.3 is 15.5 Å². The molecule has 0 spiro atoms. The molecule has 30 heavy (non-hydrogen) atoms. The maximum absolute atomic E-state index is 11.9. The Morgan fingerprint density at radius 3 is 1.90 bits per heavy atom. The standard InChI is InChI=1S/C7H6F3NO2S.C7H8O2.C4H5N3/c8-7(9,10)14(12,13)11-6-4-2-1-3-5-6;1-5-4-6(8)2-3-7(5)9;1-4-6-2-5-3-7-4/h1-5,11H;2-4,8-9H,1H3;2-3H,1H3. The predicted molar refractivity (Wildman–Crippen MR) is 104 cm³/mol. The zero-order valence-electron chi connectivity index (χ0n) is 15.9. The number of anilines is 1. The molecule has 2 aromatic carbocycles. The summed E-state index contributed by atoms with van der Waals surface area (Å²) < 4.78 is 58.2. The lowest BCUT2D eigenvalue weighted by Gasteiger charge is -2.09. The summed E-state index contributed by atoms with van der Waals surface area (Å²) in [6, 6.07) is 11.3. The van der Waals surface area contributed by atoms with Crippen LogP contribution in [0.25, 0.3) is 0 Å². The van der Waals surface area contributed by atoms with Gasteiger partial charge in [0.1, 0.15) is 30.0 Å². The number of para-hydroxylation sites is 1. The number of nitrogens with zero attached hydrogens (tertiary/aromatic N) is 3. The van der Waals surface area contributed by atoms with Crippen LogP contribution in [0.2, 0.25) is 0 Å². The lowest BCUT2D eigenvalue weighted by Crippen LogP contribution is -2.29. The molecule has 0 saturated carbocycles. The Balaban J connectivity index is 0.000000241. The van der Waals surface area contributed by atoms with Crippen LogP contribution in [0.4, 0.5) is 18.9 Å². The number of benzene rings is 2. The molecule has 0 bridgehead atoms. The number of aromatic nitrogens is 3. The Morgan fingerprint density at radius 1 is 0.933 bits per heavy atom. The number of phenolic OH excluding ortho intramolecular Hbond substituents is 2. The fraction of sp³-hybridized carbons (Fsp3) is 0.167.